The molecule has 0 spiro atoms. The second kappa shape index (κ2) is 8.09. The van der Waals surface area contributed by atoms with Crippen molar-refractivity contribution in [3.05, 3.63) is 68.5 Å². The molecule has 0 radical (unpaired) electrons. The smallest absolute Gasteiger partial charge is 0.255 e. The van der Waals surface area contributed by atoms with Crippen LogP contribution >= 0.6 is 15.9 Å². The van der Waals surface area contributed by atoms with Crippen LogP contribution in [-0.2, 0) is 24.1 Å². The summed E-state index contributed by atoms with van der Waals surface area (Å²) < 4.78 is 43.0. The molecule has 0 saturated heterocycles. The summed E-state index contributed by atoms with van der Waals surface area (Å²) in [4.78, 5) is 12.7. The molecule has 1 unspecified atom stereocenters. The van der Waals surface area contributed by atoms with E-state index in [0.29, 0.717) is 36.8 Å². The minimum atomic E-state index is -1.53. The molecule has 0 amide bonds. The Morgan fingerprint density at radius 2 is 2.17 bits per heavy atom. The lowest BCUT2D eigenvalue weighted by Crippen LogP contribution is -2.38. The predicted molar refractivity (Wildman–Crippen MR) is 109 cm³/mol. The van der Waals surface area contributed by atoms with E-state index in [4.69, 9.17) is 9.26 Å². The molecule has 1 aromatic carbocycles. The van der Waals surface area contributed by atoms with Crippen molar-refractivity contribution in [2.24, 2.45) is 0 Å². The highest BCUT2D eigenvalue weighted by Gasteiger charge is 2.25. The van der Waals surface area contributed by atoms with Crippen molar-refractivity contribution >= 4 is 32.9 Å². The number of aromatic nitrogens is 2. The number of pyridine rings is 1. The Bertz CT molecular complexity index is 1140. The van der Waals surface area contributed by atoms with Gasteiger partial charge in [0.1, 0.15) is 17.8 Å². The van der Waals surface area contributed by atoms with Crippen molar-refractivity contribution in [2.75, 3.05) is 18.4 Å². The van der Waals surface area contributed by atoms with Gasteiger partial charge in [0.25, 0.3) is 5.56 Å². The Kier molecular flexibility index (Phi) is 5.52. The van der Waals surface area contributed by atoms with Gasteiger partial charge in [0.15, 0.2) is 17.0 Å². The summed E-state index contributed by atoms with van der Waals surface area (Å²) in [5.41, 5.74) is 1.58. The fourth-order valence-electron chi connectivity index (χ4n) is 3.22. The quantitative estimate of drug-likeness (QED) is 0.603. The summed E-state index contributed by atoms with van der Waals surface area (Å²) in [5, 5.41) is 3.69. The molecule has 2 aromatic heterocycles. The fourth-order valence-corrected chi connectivity index (χ4v) is 4.47. The van der Waals surface area contributed by atoms with Crippen molar-refractivity contribution in [1.82, 2.24) is 14.0 Å². The van der Waals surface area contributed by atoms with Crippen LogP contribution in [0.25, 0.3) is 5.69 Å². The average molecular weight is 483 g/mol. The first-order valence-electron chi connectivity index (χ1n) is 8.59. The number of halogens is 2. The van der Waals surface area contributed by atoms with E-state index in [0.717, 1.165) is 11.3 Å². The normalized spacial score (nSPS) is 15.0. The van der Waals surface area contributed by atoms with E-state index >= 15 is 0 Å². The zero-order valence-electron chi connectivity index (χ0n) is 15.2. The van der Waals surface area contributed by atoms with E-state index in [9.17, 15) is 13.4 Å². The Labute approximate surface area is 176 Å². The maximum Gasteiger partial charge on any atom is 0.255 e. The van der Waals surface area contributed by atoms with Crippen molar-refractivity contribution in [3.63, 3.8) is 0 Å². The second-order valence-corrected chi connectivity index (χ2v) is 8.34. The van der Waals surface area contributed by atoms with Crippen LogP contribution in [0, 0.1) is 5.82 Å². The third-order valence-electron chi connectivity index (χ3n) is 4.56. The van der Waals surface area contributed by atoms with Gasteiger partial charge in [-0.25, -0.2) is 12.9 Å². The summed E-state index contributed by atoms with van der Waals surface area (Å²) in [6, 6.07) is 7.44. The van der Waals surface area contributed by atoms with Gasteiger partial charge in [0, 0.05) is 43.4 Å². The number of ether oxygens (including phenoxy) is 1. The summed E-state index contributed by atoms with van der Waals surface area (Å²) >= 11 is 1.60. The molecule has 1 aliphatic rings. The Morgan fingerprint density at radius 1 is 1.34 bits per heavy atom. The summed E-state index contributed by atoms with van der Waals surface area (Å²) in [7, 11) is 1.46. The first kappa shape index (κ1) is 19.8. The Morgan fingerprint density at radius 3 is 2.90 bits per heavy atom. The van der Waals surface area contributed by atoms with Gasteiger partial charge >= 0.3 is 0 Å². The van der Waals surface area contributed by atoms with Crippen LogP contribution in [0.3, 0.4) is 0 Å². The molecule has 152 valence electrons. The van der Waals surface area contributed by atoms with Gasteiger partial charge in [-0.1, -0.05) is 11.2 Å². The van der Waals surface area contributed by atoms with Crippen LogP contribution in [0.4, 0.5) is 10.2 Å². The molecular formula is C18H16BrFN4O4S. The monoisotopic (exact) mass is 482 g/mol. The van der Waals surface area contributed by atoms with Crippen LogP contribution in [0.15, 0.2) is 50.4 Å². The number of benzene rings is 1. The van der Waals surface area contributed by atoms with Crippen LogP contribution in [0.1, 0.15) is 11.3 Å². The van der Waals surface area contributed by atoms with Gasteiger partial charge in [-0.05, 0) is 27.6 Å². The van der Waals surface area contributed by atoms with E-state index in [1.54, 1.807) is 16.4 Å². The van der Waals surface area contributed by atoms with Crippen molar-refractivity contribution in [2.45, 2.75) is 13.0 Å². The first-order chi connectivity index (χ1) is 14.0. The molecule has 11 heteroatoms. The molecule has 4 rings (SSSR count). The van der Waals surface area contributed by atoms with Crippen molar-refractivity contribution in [1.29, 1.82) is 0 Å². The summed E-state index contributed by atoms with van der Waals surface area (Å²) in [6.07, 6.45) is 1.83. The molecule has 0 saturated carbocycles. The standard InChI is InChI=1S/C18H16BrFN4O4S/c1-27-16-8-12(19)13(20)9-15(16)24-14-4-6-23(10-11(14)2-3-18(24)25)29(26)22-17-5-7-28-21-17/h2-3,5,7-9H,4,6,10H2,1H3,(H,21,22). The predicted octanol–water partition coefficient (Wildman–Crippen LogP) is 2.78. The highest BCUT2D eigenvalue weighted by molar-refractivity contribution is 9.10. The topological polar surface area (TPSA) is 89.6 Å². The Balaban J connectivity index is 1.70. The number of rotatable bonds is 5. The van der Waals surface area contributed by atoms with Crippen LogP contribution < -0.4 is 15.0 Å². The lowest BCUT2D eigenvalue weighted by atomic mass is 10.1. The van der Waals surface area contributed by atoms with Crippen LogP contribution in [0.5, 0.6) is 5.75 Å². The average Bonchev–Trinajstić information content (AvgIpc) is 3.22. The minimum Gasteiger partial charge on any atom is -0.495 e. The number of methoxy groups -OCH3 is 1. The van der Waals surface area contributed by atoms with E-state index < -0.39 is 17.0 Å². The zero-order chi connectivity index (χ0) is 20.5. The Hall–Kier alpha value is -2.50. The lowest BCUT2D eigenvalue weighted by Gasteiger charge is -2.29. The molecular weight excluding hydrogens is 467 g/mol. The first-order valence-corrected chi connectivity index (χ1v) is 10.5. The van der Waals surface area contributed by atoms with Gasteiger partial charge in [-0.15, -0.1) is 0 Å². The maximum absolute atomic E-state index is 14.2. The number of fused-ring (bicyclic) bond motifs is 1. The van der Waals surface area contributed by atoms with Gasteiger partial charge in [0.05, 0.1) is 17.3 Å². The number of hydrogen-bond donors (Lipinski definition) is 1. The van der Waals surface area contributed by atoms with Crippen molar-refractivity contribution in [3.8, 4) is 11.4 Å². The highest BCUT2D eigenvalue weighted by Crippen LogP contribution is 2.31. The van der Waals surface area contributed by atoms with Gasteiger partial charge in [-0.2, -0.15) is 0 Å². The van der Waals surface area contributed by atoms with E-state index in [1.165, 1.54) is 36.1 Å². The van der Waals surface area contributed by atoms with Crippen molar-refractivity contribution < 1.29 is 17.9 Å². The molecule has 1 aliphatic heterocycles. The minimum absolute atomic E-state index is 0.247. The van der Waals surface area contributed by atoms with E-state index in [1.807, 2.05) is 0 Å². The summed E-state index contributed by atoms with van der Waals surface area (Å²) in [5.74, 6) is 0.238. The molecule has 0 bridgehead atoms. The molecule has 1 atom stereocenters. The molecule has 3 heterocycles. The van der Waals surface area contributed by atoms with Gasteiger partial charge in [-0.3, -0.25) is 14.1 Å². The fraction of sp³-hybridized carbons (Fsp3) is 0.222. The largest absolute Gasteiger partial charge is 0.495 e. The SMILES string of the molecule is COc1cc(Br)c(F)cc1-n1c2c(ccc1=O)CN(S(=O)Nc1ccon1)CC2. The number of hydrogen-bond acceptors (Lipinski definition) is 5. The van der Waals surface area contributed by atoms with Gasteiger partial charge in [0.2, 0.25) is 0 Å². The molecule has 0 aliphatic carbocycles. The summed E-state index contributed by atoms with van der Waals surface area (Å²) in [6.45, 7) is 0.768. The third kappa shape index (κ3) is 3.85. The number of nitrogens with one attached hydrogen (secondary N) is 1. The van der Waals surface area contributed by atoms with Gasteiger partial charge < -0.3 is 9.26 Å². The van der Waals surface area contributed by atoms with E-state index in [-0.39, 0.29) is 10.0 Å². The zero-order valence-corrected chi connectivity index (χ0v) is 17.6. The maximum atomic E-state index is 14.2. The second-order valence-electron chi connectivity index (χ2n) is 6.27. The lowest BCUT2D eigenvalue weighted by molar-refractivity contribution is 0.402. The molecule has 29 heavy (non-hydrogen) atoms. The molecule has 1 N–H and O–H groups in total. The van der Waals surface area contributed by atoms with Crippen LogP contribution in [-0.4, -0.2) is 31.9 Å². The third-order valence-corrected chi connectivity index (χ3v) is 6.33. The highest BCUT2D eigenvalue weighted by atomic mass is 79.9. The molecule has 3 aromatic rings. The van der Waals surface area contributed by atoms with Crippen LogP contribution in [0.2, 0.25) is 0 Å². The molecule has 8 nitrogen and oxygen atoms in total. The molecule has 0 fully saturated rings. The number of nitrogens with zero attached hydrogens (tertiary/aromatic N) is 3. The van der Waals surface area contributed by atoms with E-state index in [2.05, 4.69) is 25.8 Å². The number of anilines is 1.